The maximum atomic E-state index is 13.7. The molecule has 0 spiro atoms. The molecule has 1 heterocycles. The molecule has 0 aliphatic rings. The summed E-state index contributed by atoms with van der Waals surface area (Å²) in [6, 6.07) is 8.99. The topological polar surface area (TPSA) is 70.8 Å². The third-order valence-corrected chi connectivity index (χ3v) is 3.06. The van der Waals surface area contributed by atoms with E-state index in [1.807, 2.05) is 6.92 Å². The van der Waals surface area contributed by atoms with Crippen LogP contribution in [0.3, 0.4) is 0 Å². The summed E-state index contributed by atoms with van der Waals surface area (Å²) in [4.78, 5) is 24.3. The Morgan fingerprint density at radius 3 is 2.59 bits per heavy atom. The van der Waals surface area contributed by atoms with Gasteiger partial charge < -0.3 is 14.4 Å². The second-order valence-electron chi connectivity index (χ2n) is 4.76. The number of rotatable bonds is 6. The third-order valence-electron chi connectivity index (χ3n) is 3.06. The first-order chi connectivity index (χ1) is 10.5. The molecule has 2 aromatic rings. The van der Waals surface area contributed by atoms with Crippen molar-refractivity contribution in [2.75, 3.05) is 13.1 Å². The molecule has 22 heavy (non-hydrogen) atoms. The predicted molar refractivity (Wildman–Crippen MR) is 77.9 cm³/mol. The van der Waals surface area contributed by atoms with Crippen molar-refractivity contribution in [3.63, 3.8) is 0 Å². The van der Waals surface area contributed by atoms with Crippen LogP contribution in [-0.2, 0) is 4.79 Å². The van der Waals surface area contributed by atoms with E-state index in [2.05, 4.69) is 0 Å². The van der Waals surface area contributed by atoms with E-state index in [9.17, 15) is 14.0 Å². The number of carboxylic acid groups (broad SMARTS) is 1. The van der Waals surface area contributed by atoms with E-state index >= 15 is 0 Å². The summed E-state index contributed by atoms with van der Waals surface area (Å²) in [5.41, 5.74) is 0.252. The molecule has 116 valence electrons. The van der Waals surface area contributed by atoms with Crippen molar-refractivity contribution in [1.82, 2.24) is 4.90 Å². The van der Waals surface area contributed by atoms with E-state index in [0.29, 0.717) is 13.0 Å². The quantitative estimate of drug-likeness (QED) is 0.890. The average Bonchev–Trinajstić information content (AvgIpc) is 2.95. The van der Waals surface area contributed by atoms with Gasteiger partial charge in [-0.15, -0.1) is 0 Å². The van der Waals surface area contributed by atoms with Crippen molar-refractivity contribution >= 4 is 11.9 Å². The van der Waals surface area contributed by atoms with Gasteiger partial charge in [0.2, 0.25) is 0 Å². The lowest BCUT2D eigenvalue weighted by molar-refractivity contribution is -0.137. The molecule has 0 saturated heterocycles. The Morgan fingerprint density at radius 1 is 1.23 bits per heavy atom. The molecular formula is C16H16FNO4. The van der Waals surface area contributed by atoms with E-state index in [0.717, 1.165) is 0 Å². The van der Waals surface area contributed by atoms with Crippen molar-refractivity contribution in [1.29, 1.82) is 0 Å². The first-order valence-corrected chi connectivity index (χ1v) is 6.88. The molecule has 1 N–H and O–H groups in total. The minimum Gasteiger partial charge on any atom is -0.480 e. The molecule has 1 aromatic carbocycles. The van der Waals surface area contributed by atoms with Gasteiger partial charge in [-0.1, -0.05) is 19.1 Å². The van der Waals surface area contributed by atoms with E-state index < -0.39 is 24.2 Å². The number of halogens is 1. The van der Waals surface area contributed by atoms with Crippen molar-refractivity contribution in [3.8, 4) is 11.3 Å². The second kappa shape index (κ2) is 6.89. The monoisotopic (exact) mass is 305 g/mol. The number of aliphatic carboxylic acids is 1. The Bertz CT molecular complexity index is 680. The molecule has 0 atom stereocenters. The second-order valence-corrected chi connectivity index (χ2v) is 4.76. The summed E-state index contributed by atoms with van der Waals surface area (Å²) < 4.78 is 19.1. The van der Waals surface area contributed by atoms with Crippen LogP contribution in [0.25, 0.3) is 11.3 Å². The predicted octanol–water partition coefficient (Wildman–Crippen LogP) is 3.02. The van der Waals surface area contributed by atoms with Gasteiger partial charge in [0.25, 0.3) is 5.91 Å². The van der Waals surface area contributed by atoms with Crippen LogP contribution in [0.2, 0.25) is 0 Å². The lowest BCUT2D eigenvalue weighted by atomic mass is 10.1. The third kappa shape index (κ3) is 3.52. The molecule has 0 radical (unpaired) electrons. The Morgan fingerprint density at radius 2 is 1.95 bits per heavy atom. The summed E-state index contributed by atoms with van der Waals surface area (Å²) >= 11 is 0. The fraction of sp³-hybridized carbons (Fsp3) is 0.250. The highest BCUT2D eigenvalue weighted by atomic mass is 19.1. The minimum atomic E-state index is -1.09. The van der Waals surface area contributed by atoms with Gasteiger partial charge >= 0.3 is 5.97 Å². The molecule has 0 saturated carbocycles. The van der Waals surface area contributed by atoms with E-state index in [4.69, 9.17) is 9.52 Å². The molecule has 5 nitrogen and oxygen atoms in total. The van der Waals surface area contributed by atoms with Gasteiger partial charge in [-0.05, 0) is 30.7 Å². The van der Waals surface area contributed by atoms with Gasteiger partial charge in [-0.2, -0.15) is 0 Å². The van der Waals surface area contributed by atoms with Crippen LogP contribution < -0.4 is 0 Å². The summed E-state index contributed by atoms with van der Waals surface area (Å²) in [5.74, 6) is -1.84. The van der Waals surface area contributed by atoms with Crippen molar-refractivity contribution < 1.29 is 23.5 Å². The Kier molecular flexibility index (Phi) is 4.93. The molecule has 2 rings (SSSR count). The first-order valence-electron chi connectivity index (χ1n) is 6.88. The number of furan rings is 1. The zero-order valence-corrected chi connectivity index (χ0v) is 12.1. The average molecular weight is 305 g/mol. The summed E-state index contributed by atoms with van der Waals surface area (Å²) in [6.07, 6.45) is 0.625. The lowest BCUT2D eigenvalue weighted by Gasteiger charge is -2.18. The zero-order valence-electron chi connectivity index (χ0n) is 12.1. The molecule has 0 aliphatic heterocycles. The smallest absolute Gasteiger partial charge is 0.323 e. The van der Waals surface area contributed by atoms with Crippen molar-refractivity contribution in [3.05, 3.63) is 48.0 Å². The van der Waals surface area contributed by atoms with Gasteiger partial charge in [-0.25, -0.2) is 4.39 Å². The van der Waals surface area contributed by atoms with Gasteiger partial charge in [-0.3, -0.25) is 9.59 Å². The summed E-state index contributed by atoms with van der Waals surface area (Å²) in [5, 5.41) is 8.85. The molecule has 1 amide bonds. The number of carbonyl (C=O) groups excluding carboxylic acids is 1. The molecular weight excluding hydrogens is 289 g/mol. The highest BCUT2D eigenvalue weighted by Gasteiger charge is 2.21. The molecule has 1 aromatic heterocycles. The molecule has 6 heteroatoms. The number of nitrogens with zero attached hydrogens (tertiary/aromatic N) is 1. The van der Waals surface area contributed by atoms with Gasteiger partial charge in [0.1, 0.15) is 18.1 Å². The molecule has 0 unspecified atom stereocenters. The van der Waals surface area contributed by atoms with Crippen LogP contribution in [0.15, 0.2) is 40.8 Å². The van der Waals surface area contributed by atoms with E-state index in [1.165, 1.54) is 23.1 Å². The van der Waals surface area contributed by atoms with Gasteiger partial charge in [0.15, 0.2) is 5.76 Å². The van der Waals surface area contributed by atoms with E-state index in [1.54, 1.807) is 18.2 Å². The molecule has 0 bridgehead atoms. The number of carbonyl (C=O) groups is 2. The Labute approximate surface area is 127 Å². The highest BCUT2D eigenvalue weighted by molar-refractivity contribution is 5.94. The normalized spacial score (nSPS) is 10.5. The zero-order chi connectivity index (χ0) is 16.1. The maximum absolute atomic E-state index is 13.7. The van der Waals surface area contributed by atoms with Crippen molar-refractivity contribution in [2.45, 2.75) is 13.3 Å². The summed E-state index contributed by atoms with van der Waals surface area (Å²) in [6.45, 7) is 1.75. The van der Waals surface area contributed by atoms with Crippen LogP contribution >= 0.6 is 0 Å². The van der Waals surface area contributed by atoms with Crippen LogP contribution in [-0.4, -0.2) is 35.0 Å². The van der Waals surface area contributed by atoms with Crippen LogP contribution in [0.1, 0.15) is 23.9 Å². The van der Waals surface area contributed by atoms with E-state index in [-0.39, 0.29) is 17.1 Å². The fourth-order valence-electron chi connectivity index (χ4n) is 2.10. The minimum absolute atomic E-state index is 0.00652. The highest BCUT2D eigenvalue weighted by Crippen LogP contribution is 2.25. The maximum Gasteiger partial charge on any atom is 0.323 e. The Balaban J connectivity index is 2.24. The number of hydrogen-bond acceptors (Lipinski definition) is 3. The number of amides is 1. The van der Waals surface area contributed by atoms with Crippen LogP contribution in [0.5, 0.6) is 0 Å². The number of hydrogen-bond donors (Lipinski definition) is 1. The van der Waals surface area contributed by atoms with Gasteiger partial charge in [0, 0.05) is 6.54 Å². The largest absolute Gasteiger partial charge is 0.480 e. The van der Waals surface area contributed by atoms with Crippen LogP contribution in [0, 0.1) is 5.82 Å². The standard InChI is InChI=1S/C16H16FNO4/c1-2-9-18(10-15(19)20)16(21)14-8-7-13(22-14)11-5-3-4-6-12(11)17/h3-8H,2,9-10H2,1H3,(H,19,20). The van der Waals surface area contributed by atoms with Crippen LogP contribution in [0.4, 0.5) is 4.39 Å². The lowest BCUT2D eigenvalue weighted by Crippen LogP contribution is -2.36. The fourth-order valence-corrected chi connectivity index (χ4v) is 2.10. The number of carboxylic acids is 1. The van der Waals surface area contributed by atoms with Gasteiger partial charge in [0.05, 0.1) is 5.56 Å². The number of benzene rings is 1. The SMILES string of the molecule is CCCN(CC(=O)O)C(=O)c1ccc(-c2ccccc2F)o1. The van der Waals surface area contributed by atoms with Crippen molar-refractivity contribution in [2.24, 2.45) is 0 Å². The first kappa shape index (κ1) is 15.8. The Hall–Kier alpha value is -2.63. The molecule has 0 fully saturated rings. The summed E-state index contributed by atoms with van der Waals surface area (Å²) in [7, 11) is 0. The molecule has 0 aliphatic carbocycles.